The van der Waals surface area contributed by atoms with Crippen molar-refractivity contribution in [2.45, 2.75) is 19.4 Å². The molecule has 1 saturated carbocycles. The van der Waals surface area contributed by atoms with Crippen molar-refractivity contribution in [3.8, 4) is 0 Å². The predicted octanol–water partition coefficient (Wildman–Crippen LogP) is 3.67. The lowest BCUT2D eigenvalue weighted by atomic mass is 10.2. The van der Waals surface area contributed by atoms with Crippen molar-refractivity contribution in [3.05, 3.63) is 46.4 Å². The first kappa shape index (κ1) is 23.4. The van der Waals surface area contributed by atoms with Crippen LogP contribution in [-0.2, 0) is 20.9 Å². The van der Waals surface area contributed by atoms with Crippen LogP contribution in [-0.4, -0.2) is 64.3 Å². The van der Waals surface area contributed by atoms with Crippen molar-refractivity contribution in [3.63, 3.8) is 0 Å². The number of morpholine rings is 1. The summed E-state index contributed by atoms with van der Waals surface area (Å²) in [7, 11) is 0. The van der Waals surface area contributed by atoms with Crippen LogP contribution >= 0.6 is 23.1 Å². The van der Waals surface area contributed by atoms with E-state index in [1.165, 1.54) is 28.6 Å². The molecule has 2 aromatic heterocycles. The van der Waals surface area contributed by atoms with Crippen molar-refractivity contribution in [1.29, 1.82) is 0 Å². The SMILES string of the molecule is O=C1NC(=Nc2ccc3c(ccn3CCN3CCOCC3)c2)S/C1=C\c1cnc(NC(=O)C2CC2)s1. The van der Waals surface area contributed by atoms with Crippen molar-refractivity contribution in [1.82, 2.24) is 19.8 Å². The van der Waals surface area contributed by atoms with Gasteiger partial charge in [-0.2, -0.15) is 0 Å². The summed E-state index contributed by atoms with van der Waals surface area (Å²) >= 11 is 2.66. The Bertz CT molecular complexity index is 1370. The molecular formula is C25H26N6O3S2. The van der Waals surface area contributed by atoms with Crippen LogP contribution < -0.4 is 10.6 Å². The monoisotopic (exact) mass is 522 g/mol. The molecule has 0 atom stereocenters. The Morgan fingerprint density at radius 1 is 1.25 bits per heavy atom. The summed E-state index contributed by atoms with van der Waals surface area (Å²) in [5.41, 5.74) is 1.96. The number of anilines is 1. The van der Waals surface area contributed by atoms with Gasteiger partial charge in [-0.25, -0.2) is 9.98 Å². The van der Waals surface area contributed by atoms with Crippen molar-refractivity contribution in [2.24, 2.45) is 10.9 Å². The summed E-state index contributed by atoms with van der Waals surface area (Å²) in [6.45, 7) is 5.53. The Balaban J connectivity index is 1.11. The molecule has 1 aromatic carbocycles. The Kier molecular flexibility index (Phi) is 6.61. The molecule has 2 saturated heterocycles. The topological polar surface area (TPSA) is 101 Å². The molecule has 3 aliphatic rings. The largest absolute Gasteiger partial charge is 0.379 e. The van der Waals surface area contributed by atoms with Gasteiger partial charge in [-0.15, -0.1) is 0 Å². The van der Waals surface area contributed by atoms with Gasteiger partial charge in [-0.3, -0.25) is 14.5 Å². The number of thiazole rings is 1. The highest BCUT2D eigenvalue weighted by molar-refractivity contribution is 8.18. The van der Waals surface area contributed by atoms with Crippen LogP contribution in [0.15, 0.2) is 46.6 Å². The van der Waals surface area contributed by atoms with Crippen molar-refractivity contribution in [2.75, 3.05) is 38.2 Å². The third kappa shape index (κ3) is 5.39. The van der Waals surface area contributed by atoms with Crippen molar-refractivity contribution < 1.29 is 14.3 Å². The molecule has 0 spiro atoms. The van der Waals surface area contributed by atoms with Crippen LogP contribution in [0.1, 0.15) is 17.7 Å². The van der Waals surface area contributed by atoms with E-state index in [1.807, 2.05) is 12.1 Å². The van der Waals surface area contributed by atoms with Gasteiger partial charge < -0.3 is 19.9 Å². The van der Waals surface area contributed by atoms with Crippen LogP contribution in [0.4, 0.5) is 10.8 Å². The van der Waals surface area contributed by atoms with E-state index in [2.05, 4.69) is 48.4 Å². The number of carbonyl (C=O) groups excluding carboxylic acids is 2. The maximum absolute atomic E-state index is 12.5. The summed E-state index contributed by atoms with van der Waals surface area (Å²) in [4.78, 5) is 37.1. The zero-order valence-electron chi connectivity index (χ0n) is 19.6. The van der Waals surface area contributed by atoms with Gasteiger partial charge in [-0.05, 0) is 54.9 Å². The number of aromatic nitrogens is 2. The van der Waals surface area contributed by atoms with Gasteiger partial charge in [0.1, 0.15) is 0 Å². The summed E-state index contributed by atoms with van der Waals surface area (Å²) in [5, 5.41) is 7.91. The molecule has 0 bridgehead atoms. The van der Waals surface area contributed by atoms with Crippen LogP contribution in [0.5, 0.6) is 0 Å². The van der Waals surface area contributed by atoms with Gasteiger partial charge in [0.05, 0.1) is 28.7 Å². The number of rotatable bonds is 7. The number of aliphatic imine (C=N–C) groups is 1. The quantitative estimate of drug-likeness (QED) is 0.459. The molecule has 6 rings (SSSR count). The highest BCUT2D eigenvalue weighted by atomic mass is 32.2. The van der Waals surface area contributed by atoms with Crippen LogP contribution in [0.25, 0.3) is 17.0 Å². The number of ether oxygens (including phenoxy) is 1. The van der Waals surface area contributed by atoms with Gasteiger partial charge in [0, 0.05) is 55.4 Å². The molecule has 11 heteroatoms. The molecule has 2 amide bonds. The summed E-state index contributed by atoms with van der Waals surface area (Å²) in [6, 6.07) is 8.21. The Labute approximate surface area is 216 Å². The van der Waals surface area contributed by atoms with E-state index in [1.54, 1.807) is 12.3 Å². The maximum atomic E-state index is 12.5. The number of nitrogens with one attached hydrogen (secondary N) is 2. The fourth-order valence-electron chi connectivity index (χ4n) is 4.22. The maximum Gasteiger partial charge on any atom is 0.264 e. The average molecular weight is 523 g/mol. The molecular weight excluding hydrogens is 496 g/mol. The zero-order chi connectivity index (χ0) is 24.5. The second-order valence-electron chi connectivity index (χ2n) is 9.02. The van der Waals surface area contributed by atoms with E-state index < -0.39 is 0 Å². The lowest BCUT2D eigenvalue weighted by Gasteiger charge is -2.26. The second-order valence-corrected chi connectivity index (χ2v) is 11.1. The van der Waals surface area contributed by atoms with E-state index in [4.69, 9.17) is 4.74 Å². The van der Waals surface area contributed by atoms with E-state index in [9.17, 15) is 9.59 Å². The summed E-state index contributed by atoms with van der Waals surface area (Å²) < 4.78 is 7.70. The minimum absolute atomic E-state index is 0.0235. The van der Waals surface area contributed by atoms with E-state index in [0.29, 0.717) is 15.2 Å². The number of amidine groups is 1. The van der Waals surface area contributed by atoms with Crippen molar-refractivity contribution >= 4 is 67.9 Å². The predicted molar refractivity (Wildman–Crippen MR) is 143 cm³/mol. The highest BCUT2D eigenvalue weighted by Crippen LogP contribution is 2.33. The number of fused-ring (bicyclic) bond motifs is 1. The minimum atomic E-state index is -0.189. The number of hydrogen-bond acceptors (Lipinski definition) is 8. The third-order valence-electron chi connectivity index (χ3n) is 6.37. The third-order valence-corrected chi connectivity index (χ3v) is 8.14. The standard InChI is InChI=1S/C25H26N6O3S2/c32-22(16-1-2-16)28-24-26-15-19(35-24)14-21-23(33)29-25(36-21)27-18-3-4-20-17(13-18)5-6-31(20)8-7-30-9-11-34-12-10-30/h3-6,13-16H,1-2,7-12H2,(H,26,28,32)(H,27,29,33)/b21-14-. The average Bonchev–Trinajstić information content (AvgIpc) is 3.40. The summed E-state index contributed by atoms with van der Waals surface area (Å²) in [5.74, 6) is -0.0417. The van der Waals surface area contributed by atoms with Crippen LogP contribution in [0.3, 0.4) is 0 Å². The second kappa shape index (κ2) is 10.2. The fraction of sp³-hybridized carbons (Fsp3) is 0.360. The first-order chi connectivity index (χ1) is 17.6. The number of thioether (sulfide) groups is 1. The minimum Gasteiger partial charge on any atom is -0.379 e. The molecule has 36 heavy (non-hydrogen) atoms. The zero-order valence-corrected chi connectivity index (χ0v) is 21.2. The van der Waals surface area contributed by atoms with E-state index >= 15 is 0 Å². The first-order valence-corrected chi connectivity index (χ1v) is 13.7. The fourth-order valence-corrected chi connectivity index (χ4v) is 5.89. The molecule has 3 fully saturated rings. The highest BCUT2D eigenvalue weighted by Gasteiger charge is 2.30. The normalized spacial score (nSPS) is 20.9. The van der Waals surface area contributed by atoms with E-state index in [-0.39, 0.29) is 17.7 Å². The lowest BCUT2D eigenvalue weighted by molar-refractivity contribution is -0.117. The molecule has 0 unspecified atom stereocenters. The molecule has 1 aliphatic carbocycles. The molecule has 0 radical (unpaired) electrons. The lowest BCUT2D eigenvalue weighted by Crippen LogP contribution is -2.38. The van der Waals surface area contributed by atoms with E-state index in [0.717, 1.165) is 68.2 Å². The molecule has 2 aliphatic heterocycles. The number of carbonyl (C=O) groups is 2. The number of benzene rings is 1. The van der Waals surface area contributed by atoms with Gasteiger partial charge in [-0.1, -0.05) is 11.3 Å². The molecule has 3 aromatic rings. The molecule has 186 valence electrons. The van der Waals surface area contributed by atoms with Gasteiger partial charge in [0.15, 0.2) is 10.3 Å². The molecule has 2 N–H and O–H groups in total. The van der Waals surface area contributed by atoms with Gasteiger partial charge >= 0.3 is 0 Å². The van der Waals surface area contributed by atoms with Crippen LogP contribution in [0.2, 0.25) is 0 Å². The van der Waals surface area contributed by atoms with Gasteiger partial charge in [0.2, 0.25) is 5.91 Å². The molecule has 4 heterocycles. The van der Waals surface area contributed by atoms with Gasteiger partial charge in [0.25, 0.3) is 5.91 Å². The molecule has 9 nitrogen and oxygen atoms in total. The Morgan fingerprint density at radius 3 is 2.94 bits per heavy atom. The Hall–Kier alpha value is -2.99. The number of nitrogens with zero attached hydrogens (tertiary/aromatic N) is 4. The number of amides is 2. The smallest absolute Gasteiger partial charge is 0.264 e. The Morgan fingerprint density at radius 2 is 2.11 bits per heavy atom. The first-order valence-electron chi connectivity index (χ1n) is 12.1. The summed E-state index contributed by atoms with van der Waals surface area (Å²) in [6.07, 6.45) is 7.46. The number of hydrogen-bond donors (Lipinski definition) is 2. The van der Waals surface area contributed by atoms with Crippen LogP contribution in [0, 0.1) is 5.92 Å².